The lowest BCUT2D eigenvalue weighted by atomic mass is 9.96. The highest BCUT2D eigenvalue weighted by atomic mass is 35.5. The maximum absolute atomic E-state index is 13.2. The van der Waals surface area contributed by atoms with Gasteiger partial charge in [0.25, 0.3) is 0 Å². The second-order valence-corrected chi connectivity index (χ2v) is 9.61. The van der Waals surface area contributed by atoms with Gasteiger partial charge in [-0.2, -0.15) is 0 Å². The molecule has 0 saturated carbocycles. The van der Waals surface area contributed by atoms with Crippen molar-refractivity contribution in [3.63, 3.8) is 0 Å². The second kappa shape index (κ2) is 8.28. The monoisotopic (exact) mass is 455 g/mol. The predicted molar refractivity (Wildman–Crippen MR) is 124 cm³/mol. The molecule has 0 aliphatic carbocycles. The van der Waals surface area contributed by atoms with Crippen LogP contribution in [0.1, 0.15) is 24.3 Å². The Morgan fingerprint density at radius 3 is 2.81 bits per heavy atom. The molecule has 0 spiro atoms. The van der Waals surface area contributed by atoms with Crippen molar-refractivity contribution in [2.24, 2.45) is 0 Å². The van der Waals surface area contributed by atoms with Gasteiger partial charge in [-0.1, -0.05) is 17.7 Å². The fraction of sp³-hybridized carbons (Fsp3) is 0.273. The molecule has 2 N–H and O–H groups in total. The summed E-state index contributed by atoms with van der Waals surface area (Å²) in [5.41, 5.74) is 6.63. The number of nitrogens with two attached hydrogens (primary N) is 1. The van der Waals surface area contributed by atoms with E-state index in [2.05, 4.69) is 9.97 Å². The van der Waals surface area contributed by atoms with Crippen LogP contribution in [0.3, 0.4) is 0 Å². The summed E-state index contributed by atoms with van der Waals surface area (Å²) in [6.45, 7) is 4.91. The van der Waals surface area contributed by atoms with E-state index in [1.54, 1.807) is 35.8 Å². The molecule has 1 aliphatic heterocycles. The Balaban J connectivity index is 1.48. The number of benzene rings is 1. The van der Waals surface area contributed by atoms with Crippen LogP contribution in [0.5, 0.6) is 0 Å². The first kappa shape index (κ1) is 21.3. The van der Waals surface area contributed by atoms with E-state index in [4.69, 9.17) is 17.3 Å². The zero-order valence-corrected chi connectivity index (χ0v) is 18.8. The van der Waals surface area contributed by atoms with E-state index in [1.807, 2.05) is 24.3 Å². The number of rotatable bonds is 4. The van der Waals surface area contributed by atoms with Gasteiger partial charge in [0.15, 0.2) is 0 Å². The molecule has 0 radical (unpaired) electrons. The molecule has 1 saturated heterocycles. The Labute approximate surface area is 189 Å². The number of hydrogen-bond donors (Lipinski definition) is 1. The van der Waals surface area contributed by atoms with Gasteiger partial charge in [0.2, 0.25) is 11.8 Å². The molecule has 0 unspecified atom stereocenters. The number of thiophene rings is 1. The number of nitrogens with zero attached hydrogens (tertiary/aromatic N) is 4. The van der Waals surface area contributed by atoms with E-state index >= 15 is 0 Å². The van der Waals surface area contributed by atoms with E-state index < -0.39 is 5.54 Å². The summed E-state index contributed by atoms with van der Waals surface area (Å²) >= 11 is 7.33. The van der Waals surface area contributed by atoms with Crippen LogP contribution in [0, 0.1) is 0 Å². The van der Waals surface area contributed by atoms with Crippen LogP contribution in [0.4, 0.5) is 5.82 Å². The van der Waals surface area contributed by atoms with Crippen molar-refractivity contribution in [1.29, 1.82) is 0 Å². The summed E-state index contributed by atoms with van der Waals surface area (Å²) in [6.07, 6.45) is 4.66. The number of piperazine rings is 1. The highest BCUT2D eigenvalue weighted by molar-refractivity contribution is 7.17. The molecule has 0 atom stereocenters. The molecule has 9 heteroatoms. The number of anilines is 1. The summed E-state index contributed by atoms with van der Waals surface area (Å²) in [6, 6.07) is 9.36. The first-order valence-corrected chi connectivity index (χ1v) is 11.0. The predicted octanol–water partition coefficient (Wildman–Crippen LogP) is 3.59. The van der Waals surface area contributed by atoms with Crippen LogP contribution in [0.2, 0.25) is 4.34 Å². The van der Waals surface area contributed by atoms with Crippen molar-refractivity contribution in [2.75, 3.05) is 18.8 Å². The molecule has 1 fully saturated rings. The van der Waals surface area contributed by atoms with Gasteiger partial charge in [0.05, 0.1) is 9.85 Å². The molecule has 7 nitrogen and oxygen atoms in total. The normalized spacial score (nSPS) is 16.4. The smallest absolute Gasteiger partial charge is 0.248 e. The first-order chi connectivity index (χ1) is 14.8. The molecular formula is C22H22ClN5O2S. The van der Waals surface area contributed by atoms with Crippen LogP contribution in [0.15, 0.2) is 42.7 Å². The van der Waals surface area contributed by atoms with Crippen molar-refractivity contribution < 1.29 is 9.59 Å². The summed E-state index contributed by atoms with van der Waals surface area (Å²) in [4.78, 5) is 38.5. The number of aromatic nitrogens is 2. The molecule has 1 aromatic carbocycles. The average molecular weight is 456 g/mol. The molecule has 2 aromatic heterocycles. The summed E-state index contributed by atoms with van der Waals surface area (Å²) in [5, 5.41) is 0.784. The lowest BCUT2D eigenvalue weighted by Gasteiger charge is -2.45. The van der Waals surface area contributed by atoms with Gasteiger partial charge in [0.1, 0.15) is 17.7 Å². The minimum absolute atomic E-state index is 0.0954. The van der Waals surface area contributed by atoms with Gasteiger partial charge in [-0.15, -0.1) is 11.3 Å². The fourth-order valence-corrected chi connectivity index (χ4v) is 4.71. The molecule has 1 aliphatic rings. The maximum atomic E-state index is 13.2. The lowest BCUT2D eigenvalue weighted by Crippen LogP contribution is -2.64. The van der Waals surface area contributed by atoms with E-state index in [1.165, 1.54) is 23.7 Å². The van der Waals surface area contributed by atoms with Gasteiger partial charge in [-0.3, -0.25) is 9.59 Å². The van der Waals surface area contributed by atoms with E-state index in [9.17, 15) is 9.59 Å². The van der Waals surface area contributed by atoms with Crippen molar-refractivity contribution in [1.82, 2.24) is 19.8 Å². The van der Waals surface area contributed by atoms with E-state index in [0.717, 1.165) is 21.3 Å². The molecule has 2 amide bonds. The average Bonchev–Trinajstić information content (AvgIpc) is 3.15. The van der Waals surface area contributed by atoms with Crippen molar-refractivity contribution in [3.8, 4) is 0 Å². The molecule has 0 bridgehead atoms. The van der Waals surface area contributed by atoms with Gasteiger partial charge < -0.3 is 15.5 Å². The van der Waals surface area contributed by atoms with Crippen molar-refractivity contribution >= 4 is 57.5 Å². The molecule has 3 aromatic rings. The van der Waals surface area contributed by atoms with Crippen LogP contribution in [-0.2, 0) is 16.1 Å². The highest BCUT2D eigenvalue weighted by Crippen LogP contribution is 2.27. The van der Waals surface area contributed by atoms with E-state index in [-0.39, 0.29) is 11.8 Å². The molecular weight excluding hydrogens is 434 g/mol. The zero-order valence-electron chi connectivity index (χ0n) is 17.2. The van der Waals surface area contributed by atoms with Crippen LogP contribution in [0.25, 0.3) is 17.0 Å². The second-order valence-electron chi connectivity index (χ2n) is 7.86. The largest absolute Gasteiger partial charge is 0.383 e. The number of amides is 2. The standard InChI is InChI=1S/C22H22ClN5O2S/c1-22(2)21(30)27(12-14-3-6-16-17(11-14)25-13-26-20(16)24)9-10-28(22)19(29)8-5-15-4-7-18(23)31-15/h3-8,11,13H,9-10,12H2,1-2H3,(H2,24,25,26)/b8-5+. The lowest BCUT2D eigenvalue weighted by molar-refractivity contribution is -0.156. The Hall–Kier alpha value is -2.97. The fourth-order valence-electron chi connectivity index (χ4n) is 3.74. The number of carbonyl (C=O) groups is 2. The number of fused-ring (bicyclic) bond motifs is 1. The van der Waals surface area contributed by atoms with Gasteiger partial charge in [-0.25, -0.2) is 9.97 Å². The van der Waals surface area contributed by atoms with Crippen LogP contribution in [-0.4, -0.2) is 50.2 Å². The van der Waals surface area contributed by atoms with Gasteiger partial charge in [-0.05, 0) is 49.8 Å². The van der Waals surface area contributed by atoms with Crippen molar-refractivity contribution in [3.05, 3.63) is 57.5 Å². The maximum Gasteiger partial charge on any atom is 0.248 e. The van der Waals surface area contributed by atoms with Crippen LogP contribution >= 0.6 is 22.9 Å². The molecule has 31 heavy (non-hydrogen) atoms. The summed E-state index contributed by atoms with van der Waals surface area (Å²) < 4.78 is 0.666. The zero-order chi connectivity index (χ0) is 22.2. The molecule has 160 valence electrons. The third-order valence-corrected chi connectivity index (χ3v) is 6.63. The van der Waals surface area contributed by atoms with Gasteiger partial charge in [0, 0.05) is 36.0 Å². The number of hydrogen-bond acceptors (Lipinski definition) is 6. The van der Waals surface area contributed by atoms with Crippen LogP contribution < -0.4 is 5.73 Å². The summed E-state index contributed by atoms with van der Waals surface area (Å²) in [5.74, 6) is 0.140. The van der Waals surface area contributed by atoms with Crippen molar-refractivity contribution in [2.45, 2.75) is 25.9 Å². The highest BCUT2D eigenvalue weighted by Gasteiger charge is 2.43. The number of halogens is 1. The quantitative estimate of drug-likeness (QED) is 0.607. The SMILES string of the molecule is CC1(C)C(=O)N(Cc2ccc3c(N)ncnc3c2)CCN1C(=O)/C=C/c1ccc(Cl)s1. The Morgan fingerprint density at radius 1 is 1.26 bits per heavy atom. The van der Waals surface area contributed by atoms with E-state index in [0.29, 0.717) is 29.8 Å². The number of nitrogen functional groups attached to an aromatic ring is 1. The Morgan fingerprint density at radius 2 is 2.06 bits per heavy atom. The van der Waals surface area contributed by atoms with Gasteiger partial charge >= 0.3 is 0 Å². The topological polar surface area (TPSA) is 92.4 Å². The molecule has 3 heterocycles. The Bertz CT molecular complexity index is 1190. The first-order valence-electron chi connectivity index (χ1n) is 9.79. The minimum atomic E-state index is -0.948. The third-order valence-electron chi connectivity index (χ3n) is 5.43. The molecule has 4 rings (SSSR count). The Kier molecular flexibility index (Phi) is 5.68. The summed E-state index contributed by atoms with van der Waals surface area (Å²) in [7, 11) is 0. The number of carbonyl (C=O) groups excluding carboxylic acids is 2. The minimum Gasteiger partial charge on any atom is -0.383 e. The third kappa shape index (κ3) is 4.26.